The van der Waals surface area contributed by atoms with Crippen molar-refractivity contribution in [2.45, 2.75) is 32.1 Å². The van der Waals surface area contributed by atoms with Gasteiger partial charge in [-0.2, -0.15) is 0 Å². The van der Waals surface area contributed by atoms with Crippen LogP contribution < -0.4 is 0 Å². The fourth-order valence-electron chi connectivity index (χ4n) is 3.81. The van der Waals surface area contributed by atoms with Crippen LogP contribution in [-0.2, 0) is 11.3 Å². The first-order valence-electron chi connectivity index (χ1n) is 9.27. The summed E-state index contributed by atoms with van der Waals surface area (Å²) in [6, 6.07) is 13.7. The molecule has 1 aliphatic rings. The summed E-state index contributed by atoms with van der Waals surface area (Å²) < 4.78 is 8.39. The van der Waals surface area contributed by atoms with E-state index in [2.05, 4.69) is 40.7 Å². The van der Waals surface area contributed by atoms with E-state index in [9.17, 15) is 0 Å². The third kappa shape index (κ3) is 3.33. The average Bonchev–Trinajstić information content (AvgIpc) is 3.00. The van der Waals surface area contributed by atoms with Crippen LogP contribution in [0.1, 0.15) is 48.3 Å². The Balaban J connectivity index is 1.93. The van der Waals surface area contributed by atoms with Gasteiger partial charge in [0.15, 0.2) is 11.6 Å². The van der Waals surface area contributed by atoms with Gasteiger partial charge in [-0.1, -0.05) is 48.3 Å². The van der Waals surface area contributed by atoms with E-state index in [0.717, 1.165) is 34.9 Å². The van der Waals surface area contributed by atoms with E-state index in [0.29, 0.717) is 16.7 Å². The van der Waals surface area contributed by atoms with E-state index >= 15 is 0 Å². The second kappa shape index (κ2) is 7.84. The van der Waals surface area contributed by atoms with Crippen LogP contribution in [0.2, 0.25) is 10.0 Å². The molecule has 146 valence electrons. The lowest BCUT2D eigenvalue weighted by atomic mass is 9.99. The van der Waals surface area contributed by atoms with Crippen LogP contribution in [-0.4, -0.2) is 33.8 Å². The van der Waals surface area contributed by atoms with E-state index in [1.807, 2.05) is 42.5 Å². The van der Waals surface area contributed by atoms with Crippen molar-refractivity contribution in [3.05, 3.63) is 75.3 Å². The summed E-state index contributed by atoms with van der Waals surface area (Å²) in [5, 5.41) is 10.2. The average molecular weight is 417 g/mol. The quantitative estimate of drug-likeness (QED) is 0.585. The largest absolute Gasteiger partial charge is 0.361 e. The summed E-state index contributed by atoms with van der Waals surface area (Å²) in [6.45, 7) is 2.48. The fourth-order valence-corrected chi connectivity index (χ4v) is 4.23. The van der Waals surface area contributed by atoms with Crippen molar-refractivity contribution in [1.29, 1.82) is 0 Å². The zero-order valence-electron chi connectivity index (χ0n) is 16.1. The van der Waals surface area contributed by atoms with E-state index in [1.54, 1.807) is 0 Å². The van der Waals surface area contributed by atoms with Crippen LogP contribution in [0, 0.1) is 0 Å². The maximum Gasteiger partial charge on any atom is 0.163 e. The van der Waals surface area contributed by atoms with Crippen LogP contribution in [0.15, 0.2) is 42.5 Å². The molecule has 0 fully saturated rings. The van der Waals surface area contributed by atoms with E-state index in [1.165, 1.54) is 0 Å². The van der Waals surface area contributed by atoms with Gasteiger partial charge < -0.3 is 4.74 Å². The van der Waals surface area contributed by atoms with E-state index < -0.39 is 0 Å². The highest BCUT2D eigenvalue weighted by molar-refractivity contribution is 6.31. The third-order valence-corrected chi connectivity index (χ3v) is 5.72. The molecule has 7 heteroatoms. The third-order valence-electron chi connectivity index (χ3n) is 5.14. The first-order chi connectivity index (χ1) is 13.5. The molecule has 0 N–H and O–H groups in total. The summed E-state index contributed by atoms with van der Waals surface area (Å²) >= 11 is 12.9. The monoisotopic (exact) mass is 416 g/mol. The molecule has 28 heavy (non-hydrogen) atoms. The molecule has 0 radical (unpaired) electrons. The lowest BCUT2D eigenvalue weighted by molar-refractivity contribution is 0.0655. The number of halogens is 2. The maximum atomic E-state index is 6.49. The Bertz CT molecular complexity index is 1000. The molecule has 0 bridgehead atoms. The molecule has 0 amide bonds. The topological polar surface area (TPSA) is 43.2 Å². The molecular formula is C21H22Cl2N4O. The Morgan fingerprint density at radius 3 is 2.64 bits per heavy atom. The normalized spacial score (nSPS) is 17.1. The van der Waals surface area contributed by atoms with Gasteiger partial charge >= 0.3 is 0 Å². The Morgan fingerprint density at radius 1 is 1.14 bits per heavy atom. The molecule has 0 saturated carbocycles. The van der Waals surface area contributed by atoms with Crippen LogP contribution in [0.4, 0.5) is 0 Å². The lowest BCUT2D eigenvalue weighted by Gasteiger charge is -2.24. The van der Waals surface area contributed by atoms with E-state index in [-0.39, 0.29) is 12.1 Å². The molecule has 0 spiro atoms. The Kier molecular flexibility index (Phi) is 5.43. The molecule has 0 saturated heterocycles. The van der Waals surface area contributed by atoms with Crippen LogP contribution in [0.5, 0.6) is 0 Å². The maximum absolute atomic E-state index is 6.49. The number of benzene rings is 2. The predicted octanol–water partition coefficient (Wildman–Crippen LogP) is 5.21. The molecule has 2 atom stereocenters. The van der Waals surface area contributed by atoms with Crippen LogP contribution >= 0.6 is 23.2 Å². The molecule has 1 aromatic heterocycles. The van der Waals surface area contributed by atoms with Gasteiger partial charge in [-0.3, -0.25) is 9.47 Å². The highest BCUT2D eigenvalue weighted by Crippen LogP contribution is 2.40. The van der Waals surface area contributed by atoms with Crippen molar-refractivity contribution >= 4 is 23.2 Å². The smallest absolute Gasteiger partial charge is 0.163 e. The van der Waals surface area contributed by atoms with Gasteiger partial charge in [-0.25, -0.2) is 0 Å². The van der Waals surface area contributed by atoms with Crippen LogP contribution in [0.3, 0.4) is 0 Å². The van der Waals surface area contributed by atoms with Gasteiger partial charge in [0, 0.05) is 21.2 Å². The molecule has 0 aliphatic carbocycles. The second-order valence-electron chi connectivity index (χ2n) is 7.11. The first-order valence-corrected chi connectivity index (χ1v) is 10.0. The summed E-state index contributed by atoms with van der Waals surface area (Å²) in [5.41, 5.74) is 2.84. The zero-order valence-corrected chi connectivity index (χ0v) is 17.6. The minimum absolute atomic E-state index is 0.140. The molecule has 4 rings (SSSR count). The molecular weight excluding hydrogens is 395 g/mol. The van der Waals surface area contributed by atoms with Gasteiger partial charge in [0.05, 0.1) is 11.7 Å². The standard InChI is InChI=1S/C21H22Cl2N4O/c1-4-17(26(2)3)21-25-24-19-12-28-20(14-7-5-6-8-16(14)23)15-11-13(22)9-10-18(15)27(19)21/h5-11,17,20H,4,12H2,1-3H3. The number of hydrogen-bond acceptors (Lipinski definition) is 4. The summed E-state index contributed by atoms with van der Waals surface area (Å²) in [5.74, 6) is 1.67. The molecule has 2 heterocycles. The highest BCUT2D eigenvalue weighted by atomic mass is 35.5. The number of ether oxygens (including phenoxy) is 1. The number of aromatic nitrogens is 3. The number of fused-ring (bicyclic) bond motifs is 3. The molecule has 1 aliphatic heterocycles. The molecule has 5 nitrogen and oxygen atoms in total. The Morgan fingerprint density at radius 2 is 1.93 bits per heavy atom. The van der Waals surface area contributed by atoms with Crippen LogP contribution in [0.25, 0.3) is 5.69 Å². The van der Waals surface area contributed by atoms with Crippen molar-refractivity contribution in [3.8, 4) is 5.69 Å². The minimum atomic E-state index is -0.337. The number of hydrogen-bond donors (Lipinski definition) is 0. The van der Waals surface area contributed by atoms with Gasteiger partial charge in [0.25, 0.3) is 0 Å². The second-order valence-corrected chi connectivity index (χ2v) is 7.96. The lowest BCUT2D eigenvalue weighted by Crippen LogP contribution is -2.23. The minimum Gasteiger partial charge on any atom is -0.361 e. The SMILES string of the molecule is CCC(c1nnc2n1-c1ccc(Cl)cc1C(c1ccccc1Cl)OC2)N(C)C. The number of nitrogens with zero attached hydrogens (tertiary/aromatic N) is 4. The van der Waals surface area contributed by atoms with Gasteiger partial charge in [0.1, 0.15) is 12.7 Å². The first kappa shape index (κ1) is 19.4. The molecule has 2 unspecified atom stereocenters. The van der Waals surface area contributed by atoms with Crippen molar-refractivity contribution in [2.24, 2.45) is 0 Å². The summed E-state index contributed by atoms with van der Waals surface area (Å²) in [4.78, 5) is 2.16. The van der Waals surface area contributed by atoms with Gasteiger partial charge in [-0.15, -0.1) is 10.2 Å². The summed E-state index contributed by atoms with van der Waals surface area (Å²) in [6.07, 6.45) is 0.583. The van der Waals surface area contributed by atoms with Crippen molar-refractivity contribution in [1.82, 2.24) is 19.7 Å². The highest BCUT2D eigenvalue weighted by Gasteiger charge is 2.31. The van der Waals surface area contributed by atoms with Gasteiger partial charge in [0.2, 0.25) is 0 Å². The predicted molar refractivity (Wildman–Crippen MR) is 111 cm³/mol. The van der Waals surface area contributed by atoms with Crippen molar-refractivity contribution < 1.29 is 4.74 Å². The van der Waals surface area contributed by atoms with Gasteiger partial charge in [-0.05, 0) is 44.8 Å². The van der Waals surface area contributed by atoms with Crippen molar-refractivity contribution in [3.63, 3.8) is 0 Å². The van der Waals surface area contributed by atoms with Crippen molar-refractivity contribution in [2.75, 3.05) is 14.1 Å². The Hall–Kier alpha value is -1.92. The van der Waals surface area contributed by atoms with E-state index in [4.69, 9.17) is 27.9 Å². The molecule has 2 aromatic carbocycles. The Labute approximate surface area is 174 Å². The molecule has 3 aromatic rings. The summed E-state index contributed by atoms with van der Waals surface area (Å²) in [7, 11) is 4.11. The number of rotatable bonds is 4. The fraction of sp³-hybridized carbons (Fsp3) is 0.333. The zero-order chi connectivity index (χ0) is 19.8.